The van der Waals surface area contributed by atoms with Gasteiger partial charge in [-0.2, -0.15) is 5.26 Å². The summed E-state index contributed by atoms with van der Waals surface area (Å²) < 4.78 is 17.1. The van der Waals surface area contributed by atoms with Crippen LogP contribution in [-0.2, 0) is 0 Å². The number of hydrogen-bond acceptors (Lipinski definition) is 5. The number of nitrogens with zero attached hydrogens (tertiary/aromatic N) is 1. The molecule has 0 saturated carbocycles. The number of benzene rings is 2. The van der Waals surface area contributed by atoms with Gasteiger partial charge < -0.3 is 19.9 Å². The van der Waals surface area contributed by atoms with Crippen molar-refractivity contribution in [1.82, 2.24) is 0 Å². The number of ether oxygens (including phenoxy) is 3. The van der Waals surface area contributed by atoms with Crippen LogP contribution in [0.25, 0.3) is 0 Å². The van der Waals surface area contributed by atoms with Crippen molar-refractivity contribution in [3.63, 3.8) is 0 Å². The third-order valence-electron chi connectivity index (χ3n) is 3.97. The lowest BCUT2D eigenvalue weighted by Gasteiger charge is -2.27. The van der Waals surface area contributed by atoms with Gasteiger partial charge in [-0.15, -0.1) is 0 Å². The van der Waals surface area contributed by atoms with Crippen LogP contribution in [0.3, 0.4) is 0 Å². The maximum atomic E-state index is 9.61. The van der Waals surface area contributed by atoms with Gasteiger partial charge in [-0.1, -0.05) is 17.7 Å². The molecule has 3 rings (SSSR count). The van der Waals surface area contributed by atoms with E-state index in [1.54, 1.807) is 26.4 Å². The molecule has 5 nitrogen and oxygen atoms in total. The number of nitrogens with two attached hydrogens (primary N) is 1. The number of methoxy groups -OCH3 is 2. The molecule has 0 saturated heterocycles. The summed E-state index contributed by atoms with van der Waals surface area (Å²) in [7, 11) is 3.12. The summed E-state index contributed by atoms with van der Waals surface area (Å²) in [4.78, 5) is 0. The molecule has 25 heavy (non-hydrogen) atoms. The average Bonchev–Trinajstić information content (AvgIpc) is 2.59. The topological polar surface area (TPSA) is 77.5 Å². The molecule has 1 aliphatic rings. The lowest BCUT2D eigenvalue weighted by Crippen LogP contribution is -2.21. The minimum Gasteiger partial charge on any atom is -0.493 e. The molecule has 0 aliphatic carbocycles. The van der Waals surface area contributed by atoms with Crippen molar-refractivity contribution >= 4 is 27.5 Å². The summed E-state index contributed by atoms with van der Waals surface area (Å²) in [6, 6.07) is 11.1. The third-order valence-corrected chi connectivity index (χ3v) is 4.79. The van der Waals surface area contributed by atoms with E-state index >= 15 is 0 Å². The third kappa shape index (κ3) is 3.01. The van der Waals surface area contributed by atoms with Gasteiger partial charge in [-0.3, -0.25) is 0 Å². The minimum absolute atomic E-state index is 0.0631. The van der Waals surface area contributed by atoms with Gasteiger partial charge in [0.1, 0.15) is 17.4 Å². The number of allylic oxidation sites excluding steroid dienone is 1. The molecular formula is C18H14BrClN2O3. The van der Waals surface area contributed by atoms with Crippen LogP contribution in [0, 0.1) is 11.3 Å². The minimum atomic E-state index is -0.401. The van der Waals surface area contributed by atoms with Gasteiger partial charge in [-0.25, -0.2) is 0 Å². The number of hydrogen-bond donors (Lipinski definition) is 1. The molecule has 0 bridgehead atoms. The average molecular weight is 422 g/mol. The van der Waals surface area contributed by atoms with E-state index in [0.29, 0.717) is 32.3 Å². The molecule has 1 heterocycles. The Balaban J connectivity index is 2.25. The molecule has 2 aromatic rings. The second kappa shape index (κ2) is 6.87. The number of halogens is 2. The van der Waals surface area contributed by atoms with Gasteiger partial charge in [0, 0.05) is 10.6 Å². The van der Waals surface area contributed by atoms with E-state index in [1.807, 2.05) is 18.2 Å². The number of rotatable bonds is 3. The van der Waals surface area contributed by atoms with Gasteiger partial charge in [0.2, 0.25) is 5.88 Å². The smallest absolute Gasteiger partial charge is 0.205 e. The van der Waals surface area contributed by atoms with Crippen molar-refractivity contribution in [2.24, 2.45) is 5.73 Å². The fourth-order valence-electron chi connectivity index (χ4n) is 2.88. The van der Waals surface area contributed by atoms with E-state index in [2.05, 4.69) is 22.0 Å². The summed E-state index contributed by atoms with van der Waals surface area (Å²) >= 11 is 9.54. The van der Waals surface area contributed by atoms with Crippen LogP contribution in [0.15, 0.2) is 46.3 Å². The number of fused-ring (bicyclic) bond motifs is 1. The largest absolute Gasteiger partial charge is 0.493 e. The van der Waals surface area contributed by atoms with Gasteiger partial charge in [0.15, 0.2) is 11.5 Å². The van der Waals surface area contributed by atoms with E-state index in [0.717, 1.165) is 11.1 Å². The van der Waals surface area contributed by atoms with Crippen LogP contribution in [0.4, 0.5) is 0 Å². The molecule has 1 atom stereocenters. The molecule has 128 valence electrons. The summed E-state index contributed by atoms with van der Waals surface area (Å²) in [6.45, 7) is 0. The van der Waals surface area contributed by atoms with E-state index < -0.39 is 5.92 Å². The van der Waals surface area contributed by atoms with Crippen LogP contribution in [0.1, 0.15) is 17.0 Å². The predicted octanol–water partition coefficient (Wildman–Crippen LogP) is 4.34. The Labute approximate surface area is 158 Å². The van der Waals surface area contributed by atoms with Gasteiger partial charge in [0.25, 0.3) is 0 Å². The van der Waals surface area contributed by atoms with E-state index in [4.69, 9.17) is 31.5 Å². The van der Waals surface area contributed by atoms with E-state index in [-0.39, 0.29) is 5.88 Å². The highest BCUT2D eigenvalue weighted by Crippen LogP contribution is 2.46. The van der Waals surface area contributed by atoms with Crippen LogP contribution in [0.5, 0.6) is 17.2 Å². The van der Waals surface area contributed by atoms with Gasteiger partial charge >= 0.3 is 0 Å². The van der Waals surface area contributed by atoms with Crippen LogP contribution in [-0.4, -0.2) is 14.2 Å². The van der Waals surface area contributed by atoms with Crippen molar-refractivity contribution in [2.45, 2.75) is 5.92 Å². The fourth-order valence-corrected chi connectivity index (χ4v) is 3.66. The highest BCUT2D eigenvalue weighted by atomic mass is 79.9. The maximum Gasteiger partial charge on any atom is 0.205 e. The molecule has 7 heteroatoms. The Kier molecular flexibility index (Phi) is 4.80. The van der Waals surface area contributed by atoms with Crippen molar-refractivity contribution in [3.8, 4) is 23.3 Å². The Morgan fingerprint density at radius 1 is 1.24 bits per heavy atom. The number of nitriles is 1. The standard InChI is InChI=1S/C18H14BrClN2O3/c1-23-15-6-9(5-13(19)17(15)24-2)16-11-4-3-10(20)7-14(11)25-18(22)12(16)8-21/h3-7,16H,22H2,1-2H3. The molecular weight excluding hydrogens is 408 g/mol. The lowest BCUT2D eigenvalue weighted by atomic mass is 9.83. The zero-order chi connectivity index (χ0) is 18.1. The Hall–Kier alpha value is -2.36. The van der Waals surface area contributed by atoms with Crippen molar-refractivity contribution in [2.75, 3.05) is 14.2 Å². The zero-order valence-electron chi connectivity index (χ0n) is 13.5. The lowest BCUT2D eigenvalue weighted by molar-refractivity contribution is 0.352. The summed E-state index contributed by atoms with van der Waals surface area (Å²) in [5.41, 5.74) is 7.91. The second-order valence-corrected chi connectivity index (χ2v) is 6.64. The SMILES string of the molecule is COc1cc(C2C(C#N)=C(N)Oc3cc(Cl)ccc32)cc(Br)c1OC. The van der Waals surface area contributed by atoms with Crippen molar-refractivity contribution in [1.29, 1.82) is 5.26 Å². The first-order valence-electron chi connectivity index (χ1n) is 7.28. The Bertz CT molecular complexity index is 921. The first-order chi connectivity index (χ1) is 12.0. The highest BCUT2D eigenvalue weighted by Gasteiger charge is 2.31. The molecule has 0 aromatic heterocycles. The quantitative estimate of drug-likeness (QED) is 0.798. The van der Waals surface area contributed by atoms with Gasteiger partial charge in [-0.05, 0) is 45.8 Å². The molecule has 1 unspecified atom stereocenters. The Morgan fingerprint density at radius 3 is 2.64 bits per heavy atom. The molecule has 0 radical (unpaired) electrons. The maximum absolute atomic E-state index is 9.61. The molecule has 0 amide bonds. The van der Waals surface area contributed by atoms with Crippen molar-refractivity contribution in [3.05, 3.63) is 62.4 Å². The summed E-state index contributed by atoms with van der Waals surface area (Å²) in [5.74, 6) is 1.31. The monoisotopic (exact) mass is 420 g/mol. The first kappa shape index (κ1) is 17.5. The first-order valence-corrected chi connectivity index (χ1v) is 8.45. The normalized spacial score (nSPS) is 15.9. The van der Waals surface area contributed by atoms with Crippen LogP contribution >= 0.6 is 27.5 Å². The fraction of sp³-hybridized carbons (Fsp3) is 0.167. The Morgan fingerprint density at radius 2 is 2.00 bits per heavy atom. The molecule has 2 N–H and O–H groups in total. The van der Waals surface area contributed by atoms with E-state index in [1.165, 1.54) is 0 Å². The van der Waals surface area contributed by atoms with Crippen LogP contribution in [0.2, 0.25) is 5.02 Å². The van der Waals surface area contributed by atoms with Crippen molar-refractivity contribution < 1.29 is 14.2 Å². The molecule has 0 fully saturated rings. The highest BCUT2D eigenvalue weighted by molar-refractivity contribution is 9.10. The van der Waals surface area contributed by atoms with E-state index in [9.17, 15) is 5.26 Å². The molecule has 1 aliphatic heterocycles. The van der Waals surface area contributed by atoms with Gasteiger partial charge in [0.05, 0.1) is 24.6 Å². The second-order valence-electron chi connectivity index (χ2n) is 5.35. The summed E-state index contributed by atoms with van der Waals surface area (Å²) in [5, 5.41) is 10.1. The predicted molar refractivity (Wildman–Crippen MR) is 98.0 cm³/mol. The molecule has 2 aromatic carbocycles. The summed E-state index contributed by atoms with van der Waals surface area (Å²) in [6.07, 6.45) is 0. The zero-order valence-corrected chi connectivity index (χ0v) is 15.8. The molecule has 0 spiro atoms. The van der Waals surface area contributed by atoms with Crippen LogP contribution < -0.4 is 19.9 Å².